The lowest BCUT2D eigenvalue weighted by molar-refractivity contribution is -0.128. The fourth-order valence-electron chi connectivity index (χ4n) is 2.72. The summed E-state index contributed by atoms with van der Waals surface area (Å²) in [6, 6.07) is 16.6. The Kier molecular flexibility index (Phi) is 5.18. The third-order valence-electron chi connectivity index (χ3n) is 4.14. The van der Waals surface area contributed by atoms with Crippen molar-refractivity contribution in [1.29, 1.82) is 0 Å². The zero-order valence-electron chi connectivity index (χ0n) is 14.1. The van der Waals surface area contributed by atoms with E-state index in [4.69, 9.17) is 0 Å². The predicted molar refractivity (Wildman–Crippen MR) is 96.1 cm³/mol. The third-order valence-corrected chi connectivity index (χ3v) is 4.14. The van der Waals surface area contributed by atoms with Crippen LogP contribution in [0.4, 0.5) is 17.1 Å². The molecular weight excluding hydrogens is 316 g/mol. The maximum atomic E-state index is 12.3. The van der Waals surface area contributed by atoms with Crippen molar-refractivity contribution in [1.82, 2.24) is 4.90 Å². The summed E-state index contributed by atoms with van der Waals surface area (Å²) >= 11 is 0. The number of anilines is 1. The molecular formula is C19H20N4O2. The van der Waals surface area contributed by atoms with Crippen LogP contribution in [-0.4, -0.2) is 29.8 Å². The van der Waals surface area contributed by atoms with Gasteiger partial charge in [-0.15, -0.1) is 0 Å². The first kappa shape index (κ1) is 16.8. The molecule has 1 saturated heterocycles. The van der Waals surface area contributed by atoms with Gasteiger partial charge in [0, 0.05) is 25.2 Å². The molecule has 0 saturated carbocycles. The van der Waals surface area contributed by atoms with Gasteiger partial charge in [0.05, 0.1) is 17.3 Å². The molecule has 3 rings (SSSR count). The summed E-state index contributed by atoms with van der Waals surface area (Å²) in [5, 5.41) is 11.2. The van der Waals surface area contributed by atoms with Crippen LogP contribution in [0.25, 0.3) is 0 Å². The molecule has 1 unspecified atom stereocenters. The lowest BCUT2D eigenvalue weighted by atomic mass is 10.1. The van der Waals surface area contributed by atoms with E-state index in [2.05, 4.69) is 15.5 Å². The number of benzene rings is 2. The Balaban J connectivity index is 1.58. The predicted octanol–water partition coefficient (Wildman–Crippen LogP) is 3.91. The highest BCUT2D eigenvalue weighted by molar-refractivity contribution is 5.97. The van der Waals surface area contributed by atoms with Crippen molar-refractivity contribution in [3.8, 4) is 0 Å². The zero-order chi connectivity index (χ0) is 17.6. The van der Waals surface area contributed by atoms with E-state index in [0.717, 1.165) is 5.69 Å². The summed E-state index contributed by atoms with van der Waals surface area (Å²) in [7, 11) is 0. The van der Waals surface area contributed by atoms with Crippen LogP contribution in [0.1, 0.15) is 13.3 Å². The standard InChI is InChI=1S/C19H20N4O2/c1-2-23-13-14(12-18(23)24)19(25)20-15-8-10-17(11-9-15)22-21-16-6-4-3-5-7-16/h3-11,14H,2,12-13H2,1H3,(H,20,25). The number of nitrogens with zero attached hydrogens (tertiary/aromatic N) is 3. The van der Waals surface area contributed by atoms with Crippen molar-refractivity contribution in [2.24, 2.45) is 16.1 Å². The van der Waals surface area contributed by atoms with Gasteiger partial charge in [-0.2, -0.15) is 10.2 Å². The monoisotopic (exact) mass is 336 g/mol. The van der Waals surface area contributed by atoms with E-state index in [1.165, 1.54) is 0 Å². The summed E-state index contributed by atoms with van der Waals surface area (Å²) in [5.41, 5.74) is 2.17. The van der Waals surface area contributed by atoms with Crippen molar-refractivity contribution < 1.29 is 9.59 Å². The van der Waals surface area contributed by atoms with Crippen molar-refractivity contribution in [2.75, 3.05) is 18.4 Å². The molecule has 0 radical (unpaired) electrons. The molecule has 128 valence electrons. The van der Waals surface area contributed by atoms with E-state index in [9.17, 15) is 9.59 Å². The largest absolute Gasteiger partial charge is 0.342 e. The SMILES string of the molecule is CCN1CC(C(=O)Nc2ccc(N=Nc3ccccc3)cc2)CC1=O. The first-order valence-electron chi connectivity index (χ1n) is 8.31. The number of azo groups is 1. The molecule has 6 heteroatoms. The Labute approximate surface area is 146 Å². The summed E-state index contributed by atoms with van der Waals surface area (Å²) < 4.78 is 0. The highest BCUT2D eigenvalue weighted by atomic mass is 16.2. The molecule has 25 heavy (non-hydrogen) atoms. The number of rotatable bonds is 5. The van der Waals surface area contributed by atoms with Crippen molar-refractivity contribution in [3.05, 3.63) is 54.6 Å². The van der Waals surface area contributed by atoms with E-state index in [1.54, 1.807) is 29.2 Å². The number of carbonyl (C=O) groups is 2. The van der Waals surface area contributed by atoms with Crippen LogP contribution in [0.5, 0.6) is 0 Å². The molecule has 0 aromatic heterocycles. The molecule has 1 heterocycles. The van der Waals surface area contributed by atoms with Crippen LogP contribution in [0.2, 0.25) is 0 Å². The molecule has 2 amide bonds. The normalized spacial score (nSPS) is 17.2. The first-order chi connectivity index (χ1) is 12.2. The molecule has 1 aliphatic rings. The van der Waals surface area contributed by atoms with E-state index < -0.39 is 0 Å². The quantitative estimate of drug-likeness (QED) is 0.841. The number of hydrogen-bond donors (Lipinski definition) is 1. The minimum Gasteiger partial charge on any atom is -0.342 e. The third kappa shape index (κ3) is 4.29. The van der Waals surface area contributed by atoms with E-state index in [-0.39, 0.29) is 24.2 Å². The number of nitrogens with one attached hydrogen (secondary N) is 1. The second-order valence-electron chi connectivity index (χ2n) is 5.91. The van der Waals surface area contributed by atoms with E-state index in [0.29, 0.717) is 24.5 Å². The van der Waals surface area contributed by atoms with Crippen LogP contribution in [0.3, 0.4) is 0 Å². The minimum absolute atomic E-state index is 0.0410. The minimum atomic E-state index is -0.287. The van der Waals surface area contributed by atoms with Crippen LogP contribution >= 0.6 is 0 Å². The Morgan fingerprint density at radius 3 is 2.32 bits per heavy atom. The van der Waals surface area contributed by atoms with Crippen LogP contribution in [0, 0.1) is 5.92 Å². The summed E-state index contributed by atoms with van der Waals surface area (Å²) in [4.78, 5) is 25.7. The molecule has 0 aliphatic carbocycles. The summed E-state index contributed by atoms with van der Waals surface area (Å²) in [6.45, 7) is 3.05. The maximum Gasteiger partial charge on any atom is 0.229 e. The molecule has 1 atom stereocenters. The average molecular weight is 336 g/mol. The Morgan fingerprint density at radius 1 is 1.08 bits per heavy atom. The van der Waals surface area contributed by atoms with Gasteiger partial charge in [0.2, 0.25) is 11.8 Å². The molecule has 2 aromatic rings. The van der Waals surface area contributed by atoms with Gasteiger partial charge in [0.15, 0.2) is 0 Å². The van der Waals surface area contributed by atoms with Gasteiger partial charge in [-0.3, -0.25) is 9.59 Å². The smallest absolute Gasteiger partial charge is 0.229 e. The van der Waals surface area contributed by atoms with Gasteiger partial charge in [0.1, 0.15) is 0 Å². The van der Waals surface area contributed by atoms with Crippen LogP contribution in [0.15, 0.2) is 64.8 Å². The average Bonchev–Trinajstić information content (AvgIpc) is 3.03. The van der Waals surface area contributed by atoms with Gasteiger partial charge in [-0.1, -0.05) is 18.2 Å². The number of likely N-dealkylation sites (tertiary alicyclic amines) is 1. The van der Waals surface area contributed by atoms with Gasteiger partial charge in [-0.05, 0) is 43.3 Å². The lowest BCUT2D eigenvalue weighted by Crippen LogP contribution is -2.28. The molecule has 0 spiro atoms. The first-order valence-corrected chi connectivity index (χ1v) is 8.31. The molecule has 1 fully saturated rings. The van der Waals surface area contributed by atoms with Gasteiger partial charge >= 0.3 is 0 Å². The Hall–Kier alpha value is -3.02. The lowest BCUT2D eigenvalue weighted by Gasteiger charge is -2.13. The van der Waals surface area contributed by atoms with Crippen molar-refractivity contribution >= 4 is 28.9 Å². The summed E-state index contributed by atoms with van der Waals surface area (Å²) in [5.74, 6) is -0.368. The summed E-state index contributed by atoms with van der Waals surface area (Å²) in [6.07, 6.45) is 0.281. The number of hydrogen-bond acceptors (Lipinski definition) is 4. The molecule has 2 aromatic carbocycles. The van der Waals surface area contributed by atoms with Crippen molar-refractivity contribution in [2.45, 2.75) is 13.3 Å². The zero-order valence-corrected chi connectivity index (χ0v) is 14.1. The van der Waals surface area contributed by atoms with E-state index in [1.807, 2.05) is 37.3 Å². The molecule has 1 N–H and O–H groups in total. The Bertz CT molecular complexity index is 772. The number of amides is 2. The van der Waals surface area contributed by atoms with Crippen LogP contribution in [-0.2, 0) is 9.59 Å². The topological polar surface area (TPSA) is 74.1 Å². The highest BCUT2D eigenvalue weighted by Gasteiger charge is 2.33. The molecule has 1 aliphatic heterocycles. The Morgan fingerprint density at radius 2 is 1.72 bits per heavy atom. The molecule has 6 nitrogen and oxygen atoms in total. The van der Waals surface area contributed by atoms with Crippen molar-refractivity contribution in [3.63, 3.8) is 0 Å². The van der Waals surface area contributed by atoms with Gasteiger partial charge in [-0.25, -0.2) is 0 Å². The number of carbonyl (C=O) groups excluding carboxylic acids is 2. The second kappa shape index (κ2) is 7.70. The molecule has 0 bridgehead atoms. The van der Waals surface area contributed by atoms with E-state index >= 15 is 0 Å². The maximum absolute atomic E-state index is 12.3. The highest BCUT2D eigenvalue weighted by Crippen LogP contribution is 2.22. The van der Waals surface area contributed by atoms with Gasteiger partial charge in [0.25, 0.3) is 0 Å². The van der Waals surface area contributed by atoms with Crippen LogP contribution < -0.4 is 5.32 Å². The fourth-order valence-corrected chi connectivity index (χ4v) is 2.72. The fraction of sp³-hybridized carbons (Fsp3) is 0.263. The van der Waals surface area contributed by atoms with Gasteiger partial charge < -0.3 is 10.2 Å². The second-order valence-corrected chi connectivity index (χ2v) is 5.91.